The van der Waals surface area contributed by atoms with E-state index < -0.39 is 0 Å². The quantitative estimate of drug-likeness (QED) is 0.513. The van der Waals surface area contributed by atoms with E-state index in [1.807, 2.05) is 13.8 Å². The van der Waals surface area contributed by atoms with E-state index in [0.29, 0.717) is 13.2 Å². The summed E-state index contributed by atoms with van der Waals surface area (Å²) in [5, 5.41) is 0. The van der Waals surface area contributed by atoms with E-state index in [0.717, 1.165) is 47.3 Å². The van der Waals surface area contributed by atoms with Gasteiger partial charge in [-0.2, -0.15) is 0 Å². The van der Waals surface area contributed by atoms with Gasteiger partial charge in [-0.15, -0.1) is 11.3 Å². The predicted octanol–water partition coefficient (Wildman–Crippen LogP) is 4.75. The molecule has 0 saturated heterocycles. The van der Waals surface area contributed by atoms with Crippen LogP contribution in [0.2, 0.25) is 0 Å². The number of aryl methyl sites for hydroxylation is 2. The molecule has 1 aromatic heterocycles. The van der Waals surface area contributed by atoms with E-state index in [1.165, 1.54) is 0 Å². The lowest BCUT2D eigenvalue weighted by molar-refractivity contribution is 0.0462. The first-order chi connectivity index (χ1) is 11.0. The van der Waals surface area contributed by atoms with Crippen LogP contribution in [0.25, 0.3) is 0 Å². The van der Waals surface area contributed by atoms with Gasteiger partial charge in [0.1, 0.15) is 12.2 Å². The van der Waals surface area contributed by atoms with Gasteiger partial charge in [0.25, 0.3) is 0 Å². The maximum atomic E-state index is 6.09. The molecule has 0 saturated carbocycles. The van der Waals surface area contributed by atoms with Gasteiger partial charge in [0, 0.05) is 23.0 Å². The lowest BCUT2D eigenvalue weighted by Crippen LogP contribution is -2.22. The largest absolute Gasteiger partial charge is 0.483 e. The Morgan fingerprint density at radius 2 is 1.17 bits per heavy atom. The highest BCUT2D eigenvalue weighted by molar-refractivity contribution is 7.12. The summed E-state index contributed by atoms with van der Waals surface area (Å²) >= 11 is 1.70. The first-order valence-corrected chi connectivity index (χ1v) is 9.39. The third kappa shape index (κ3) is 7.10. The molecule has 0 fully saturated rings. The molecule has 0 amide bonds. The first kappa shape index (κ1) is 20.3. The van der Waals surface area contributed by atoms with Crippen molar-refractivity contribution in [3.05, 3.63) is 9.75 Å². The van der Waals surface area contributed by atoms with Gasteiger partial charge in [0.05, 0.1) is 13.2 Å². The van der Waals surface area contributed by atoms with Gasteiger partial charge in [-0.25, -0.2) is 0 Å². The second-order valence-electron chi connectivity index (χ2n) is 5.88. The monoisotopic (exact) mass is 344 g/mol. The van der Waals surface area contributed by atoms with E-state index >= 15 is 0 Å². The van der Waals surface area contributed by atoms with Crippen molar-refractivity contribution in [3.8, 4) is 11.5 Å². The summed E-state index contributed by atoms with van der Waals surface area (Å²) in [5.41, 5.74) is 0. The molecule has 2 unspecified atom stereocenters. The Morgan fingerprint density at radius 3 is 1.52 bits per heavy atom. The summed E-state index contributed by atoms with van der Waals surface area (Å²) in [4.78, 5) is 2.28. The van der Waals surface area contributed by atoms with Crippen molar-refractivity contribution in [2.75, 3.05) is 26.4 Å². The molecule has 2 atom stereocenters. The van der Waals surface area contributed by atoms with E-state index in [4.69, 9.17) is 18.9 Å². The zero-order valence-electron chi connectivity index (χ0n) is 15.4. The first-order valence-electron chi connectivity index (χ1n) is 8.58. The van der Waals surface area contributed by atoms with Gasteiger partial charge in [-0.1, -0.05) is 13.8 Å². The molecule has 0 radical (unpaired) electrons. The summed E-state index contributed by atoms with van der Waals surface area (Å²) in [7, 11) is 0. The van der Waals surface area contributed by atoms with Crippen molar-refractivity contribution in [1.29, 1.82) is 0 Å². The molecule has 0 aliphatic heterocycles. The van der Waals surface area contributed by atoms with Crippen LogP contribution in [0.1, 0.15) is 50.3 Å². The molecule has 0 spiro atoms. The number of thiophene rings is 1. The van der Waals surface area contributed by atoms with Crippen molar-refractivity contribution in [2.24, 2.45) is 0 Å². The van der Waals surface area contributed by atoms with E-state index in [2.05, 4.69) is 27.7 Å². The molecule has 1 heterocycles. The van der Waals surface area contributed by atoms with Crippen LogP contribution >= 0.6 is 11.3 Å². The molecule has 0 aliphatic carbocycles. The Morgan fingerprint density at radius 1 is 0.783 bits per heavy atom. The third-order valence-corrected chi connectivity index (χ3v) is 4.18. The zero-order chi connectivity index (χ0) is 17.2. The zero-order valence-corrected chi connectivity index (χ0v) is 16.3. The van der Waals surface area contributed by atoms with E-state index in [1.54, 1.807) is 11.3 Å². The number of rotatable bonds is 12. The highest BCUT2D eigenvalue weighted by Crippen LogP contribution is 2.42. The van der Waals surface area contributed by atoms with Crippen LogP contribution in [-0.4, -0.2) is 38.6 Å². The van der Waals surface area contributed by atoms with Gasteiger partial charge in [-0.05, 0) is 40.5 Å². The Bertz CT molecular complexity index is 406. The average Bonchev–Trinajstić information content (AvgIpc) is 2.75. The Labute approximate surface area is 145 Å². The number of hydrogen-bond donors (Lipinski definition) is 0. The molecule has 0 N–H and O–H groups in total. The van der Waals surface area contributed by atoms with E-state index in [9.17, 15) is 0 Å². The van der Waals surface area contributed by atoms with Crippen molar-refractivity contribution < 1.29 is 18.9 Å². The maximum Gasteiger partial charge on any atom is 0.175 e. The molecular formula is C18H32O4S. The van der Waals surface area contributed by atoms with Crippen molar-refractivity contribution in [1.82, 2.24) is 0 Å². The summed E-state index contributed by atoms with van der Waals surface area (Å²) in [6.07, 6.45) is 2.05. The summed E-state index contributed by atoms with van der Waals surface area (Å²) in [5.74, 6) is 1.70. The fraction of sp³-hybridized carbons (Fsp3) is 0.778. The SMILES string of the molecule is CCCOCC(C)Oc1c(C)sc(C)c1OC(C)COCCC. The van der Waals surface area contributed by atoms with Gasteiger partial charge >= 0.3 is 0 Å². The normalized spacial score (nSPS) is 13.8. The van der Waals surface area contributed by atoms with Crippen LogP contribution in [-0.2, 0) is 9.47 Å². The van der Waals surface area contributed by atoms with Gasteiger partial charge in [0.2, 0.25) is 0 Å². The minimum Gasteiger partial charge on any atom is -0.483 e. The highest BCUT2D eigenvalue weighted by Gasteiger charge is 2.20. The summed E-state index contributed by atoms with van der Waals surface area (Å²) in [6.45, 7) is 15.1. The molecule has 1 aromatic rings. The van der Waals surface area contributed by atoms with Gasteiger partial charge < -0.3 is 18.9 Å². The molecule has 0 aromatic carbocycles. The van der Waals surface area contributed by atoms with Gasteiger partial charge in [0.15, 0.2) is 11.5 Å². The third-order valence-electron chi connectivity index (χ3n) is 3.19. The van der Waals surface area contributed by atoms with Crippen LogP contribution in [0.15, 0.2) is 0 Å². The molecule has 0 bridgehead atoms. The topological polar surface area (TPSA) is 36.9 Å². The van der Waals surface area contributed by atoms with Crippen LogP contribution in [0.5, 0.6) is 11.5 Å². The smallest absolute Gasteiger partial charge is 0.175 e. The van der Waals surface area contributed by atoms with Crippen LogP contribution < -0.4 is 9.47 Å². The Kier molecular flexibility index (Phi) is 9.60. The van der Waals surface area contributed by atoms with Gasteiger partial charge in [-0.3, -0.25) is 0 Å². The lowest BCUT2D eigenvalue weighted by Gasteiger charge is -2.19. The second-order valence-corrected chi connectivity index (χ2v) is 7.31. The van der Waals surface area contributed by atoms with Crippen molar-refractivity contribution in [2.45, 2.75) is 66.6 Å². The minimum atomic E-state index is 0.00301. The van der Waals surface area contributed by atoms with Crippen LogP contribution in [0.3, 0.4) is 0 Å². The Hall–Kier alpha value is -0.780. The summed E-state index contributed by atoms with van der Waals surface area (Å²) < 4.78 is 23.3. The molecule has 23 heavy (non-hydrogen) atoms. The highest BCUT2D eigenvalue weighted by atomic mass is 32.1. The number of hydrogen-bond acceptors (Lipinski definition) is 5. The van der Waals surface area contributed by atoms with E-state index in [-0.39, 0.29) is 12.2 Å². The fourth-order valence-corrected chi connectivity index (χ4v) is 3.10. The van der Waals surface area contributed by atoms with Crippen LogP contribution in [0.4, 0.5) is 0 Å². The minimum absolute atomic E-state index is 0.00301. The fourth-order valence-electron chi connectivity index (χ4n) is 2.17. The molecule has 1 rings (SSSR count). The Balaban J connectivity index is 2.65. The average molecular weight is 345 g/mol. The van der Waals surface area contributed by atoms with Crippen molar-refractivity contribution >= 4 is 11.3 Å². The standard InChI is InChI=1S/C18H32O4S/c1-7-9-19-11-13(3)21-17-15(5)23-16(6)18(17)22-14(4)12-20-10-8-2/h13-14H,7-12H2,1-6H3. The number of ether oxygens (including phenoxy) is 4. The molecular weight excluding hydrogens is 312 g/mol. The molecule has 134 valence electrons. The van der Waals surface area contributed by atoms with Crippen molar-refractivity contribution in [3.63, 3.8) is 0 Å². The maximum absolute atomic E-state index is 6.09. The van der Waals surface area contributed by atoms with Crippen LogP contribution in [0, 0.1) is 13.8 Å². The second kappa shape index (κ2) is 10.9. The lowest BCUT2D eigenvalue weighted by atomic mass is 10.3. The molecule has 5 heteroatoms. The summed E-state index contributed by atoms with van der Waals surface area (Å²) in [6, 6.07) is 0. The molecule has 4 nitrogen and oxygen atoms in total. The molecule has 0 aliphatic rings. The predicted molar refractivity (Wildman–Crippen MR) is 96.2 cm³/mol.